The molecule has 0 spiro atoms. The van der Waals surface area contributed by atoms with Crippen molar-refractivity contribution in [1.82, 2.24) is 10.6 Å². The molecule has 0 saturated heterocycles. The second kappa shape index (κ2) is 8.75. The molecule has 0 heterocycles. The highest BCUT2D eigenvalue weighted by Crippen LogP contribution is 2.11. The topological polar surface area (TPSA) is 58.2 Å². The first kappa shape index (κ1) is 15.6. The average molecular weight is 264 g/mol. The molecule has 0 aromatic carbocycles. The summed E-state index contributed by atoms with van der Waals surface area (Å²) < 4.78 is 0. The van der Waals surface area contributed by atoms with Gasteiger partial charge < -0.3 is 10.6 Å². The SMILES string of the molecule is CCNC(=O)C(S)CCC(S)C(=O)NCC. The van der Waals surface area contributed by atoms with Gasteiger partial charge in [0.1, 0.15) is 0 Å². The molecule has 0 aromatic heterocycles. The van der Waals surface area contributed by atoms with E-state index in [1.54, 1.807) is 0 Å². The molecule has 0 fully saturated rings. The Morgan fingerprint density at radius 2 is 1.25 bits per heavy atom. The van der Waals surface area contributed by atoms with E-state index >= 15 is 0 Å². The van der Waals surface area contributed by atoms with Crippen molar-refractivity contribution < 1.29 is 9.59 Å². The van der Waals surface area contributed by atoms with Gasteiger partial charge in [0.25, 0.3) is 0 Å². The van der Waals surface area contributed by atoms with Crippen molar-refractivity contribution in [3.63, 3.8) is 0 Å². The molecule has 2 N–H and O–H groups in total. The van der Waals surface area contributed by atoms with Crippen LogP contribution in [0, 0.1) is 0 Å². The molecule has 0 aliphatic carbocycles. The lowest BCUT2D eigenvalue weighted by Gasteiger charge is -2.13. The van der Waals surface area contributed by atoms with E-state index in [1.807, 2.05) is 13.8 Å². The minimum atomic E-state index is -0.371. The Morgan fingerprint density at radius 1 is 0.938 bits per heavy atom. The third-order valence-corrected chi connectivity index (χ3v) is 3.01. The van der Waals surface area contributed by atoms with Crippen LogP contribution in [0.2, 0.25) is 0 Å². The predicted octanol–water partition coefficient (Wildman–Crippen LogP) is 0.636. The second-order valence-corrected chi connectivity index (χ2v) is 4.64. The number of amides is 2. The quantitative estimate of drug-likeness (QED) is 0.510. The van der Waals surface area contributed by atoms with E-state index in [2.05, 4.69) is 35.9 Å². The van der Waals surface area contributed by atoms with Crippen molar-refractivity contribution in [3.05, 3.63) is 0 Å². The number of thiol groups is 2. The molecule has 4 nitrogen and oxygen atoms in total. The number of carbonyl (C=O) groups is 2. The highest BCUT2D eigenvalue weighted by atomic mass is 32.1. The Balaban J connectivity index is 3.86. The van der Waals surface area contributed by atoms with E-state index in [0.29, 0.717) is 25.9 Å². The molecule has 2 unspecified atom stereocenters. The highest BCUT2D eigenvalue weighted by molar-refractivity contribution is 7.82. The van der Waals surface area contributed by atoms with Crippen LogP contribution in [0.15, 0.2) is 0 Å². The summed E-state index contributed by atoms with van der Waals surface area (Å²) in [5.41, 5.74) is 0. The Morgan fingerprint density at radius 3 is 1.50 bits per heavy atom. The van der Waals surface area contributed by atoms with Crippen LogP contribution in [0.4, 0.5) is 0 Å². The average Bonchev–Trinajstić information content (AvgIpc) is 2.25. The number of nitrogens with one attached hydrogen (secondary N) is 2. The molecule has 94 valence electrons. The van der Waals surface area contributed by atoms with Crippen LogP contribution >= 0.6 is 25.3 Å². The second-order valence-electron chi connectivity index (χ2n) is 3.40. The van der Waals surface area contributed by atoms with E-state index in [9.17, 15) is 9.59 Å². The monoisotopic (exact) mass is 264 g/mol. The summed E-state index contributed by atoms with van der Waals surface area (Å²) in [6.07, 6.45) is 1.08. The summed E-state index contributed by atoms with van der Waals surface area (Å²) in [6.45, 7) is 4.90. The normalized spacial score (nSPS) is 14.0. The van der Waals surface area contributed by atoms with Crippen LogP contribution in [0.5, 0.6) is 0 Å². The standard InChI is InChI=1S/C10H20N2O2S2/c1-3-11-9(13)7(15)5-6-8(16)10(14)12-4-2/h7-8,15-16H,3-6H2,1-2H3,(H,11,13)(H,12,14). The van der Waals surface area contributed by atoms with Crippen LogP contribution in [-0.4, -0.2) is 35.4 Å². The van der Waals surface area contributed by atoms with Crippen LogP contribution in [0.1, 0.15) is 26.7 Å². The van der Waals surface area contributed by atoms with E-state index in [4.69, 9.17) is 0 Å². The van der Waals surface area contributed by atoms with E-state index < -0.39 is 0 Å². The first-order valence-electron chi connectivity index (χ1n) is 5.44. The number of carbonyl (C=O) groups excluding carboxylic acids is 2. The van der Waals surface area contributed by atoms with Crippen molar-refractivity contribution in [2.45, 2.75) is 37.2 Å². The minimum absolute atomic E-state index is 0.0951. The zero-order chi connectivity index (χ0) is 12.6. The lowest BCUT2D eigenvalue weighted by molar-refractivity contribution is -0.122. The Labute approximate surface area is 108 Å². The number of hydrogen-bond donors (Lipinski definition) is 4. The molecular formula is C10H20N2O2S2. The smallest absolute Gasteiger partial charge is 0.232 e. The van der Waals surface area contributed by atoms with Gasteiger partial charge in [-0.15, -0.1) is 0 Å². The largest absolute Gasteiger partial charge is 0.355 e. The minimum Gasteiger partial charge on any atom is -0.355 e. The zero-order valence-electron chi connectivity index (χ0n) is 9.69. The maximum atomic E-state index is 11.3. The lowest BCUT2D eigenvalue weighted by Crippen LogP contribution is -2.34. The molecule has 2 amide bonds. The summed E-state index contributed by atoms with van der Waals surface area (Å²) >= 11 is 8.35. The van der Waals surface area contributed by atoms with Gasteiger partial charge in [0, 0.05) is 13.1 Å². The van der Waals surface area contributed by atoms with Crippen LogP contribution in [-0.2, 0) is 9.59 Å². The fourth-order valence-electron chi connectivity index (χ4n) is 1.16. The maximum Gasteiger partial charge on any atom is 0.232 e. The van der Waals surface area contributed by atoms with E-state index in [1.165, 1.54) is 0 Å². The Kier molecular flexibility index (Phi) is 8.56. The summed E-state index contributed by atoms with van der Waals surface area (Å²) in [6, 6.07) is 0. The number of rotatable bonds is 7. The summed E-state index contributed by atoms with van der Waals surface area (Å²) in [5.74, 6) is -0.190. The molecule has 0 bridgehead atoms. The third kappa shape index (κ3) is 6.27. The van der Waals surface area contributed by atoms with Crippen LogP contribution in [0.3, 0.4) is 0 Å². The number of hydrogen-bond acceptors (Lipinski definition) is 4. The van der Waals surface area contributed by atoms with E-state index in [0.717, 1.165) is 0 Å². The highest BCUT2D eigenvalue weighted by Gasteiger charge is 2.18. The van der Waals surface area contributed by atoms with Gasteiger partial charge in [-0.1, -0.05) is 0 Å². The van der Waals surface area contributed by atoms with Gasteiger partial charge in [-0.25, -0.2) is 0 Å². The van der Waals surface area contributed by atoms with Gasteiger partial charge in [0.05, 0.1) is 10.5 Å². The molecule has 16 heavy (non-hydrogen) atoms. The lowest BCUT2D eigenvalue weighted by atomic mass is 10.1. The van der Waals surface area contributed by atoms with Gasteiger partial charge in [-0.05, 0) is 26.7 Å². The van der Waals surface area contributed by atoms with E-state index in [-0.39, 0.29) is 22.3 Å². The fourth-order valence-corrected chi connectivity index (χ4v) is 1.64. The molecule has 2 atom stereocenters. The summed E-state index contributed by atoms with van der Waals surface area (Å²) in [5, 5.41) is 4.62. The van der Waals surface area contributed by atoms with Crippen molar-refractivity contribution in [2.24, 2.45) is 0 Å². The zero-order valence-corrected chi connectivity index (χ0v) is 11.5. The first-order chi connectivity index (χ1) is 7.52. The molecule has 6 heteroatoms. The Bertz CT molecular complexity index is 213. The van der Waals surface area contributed by atoms with Crippen LogP contribution < -0.4 is 10.6 Å². The first-order valence-corrected chi connectivity index (χ1v) is 6.47. The molecule has 0 rings (SSSR count). The van der Waals surface area contributed by atoms with Crippen molar-refractivity contribution in [2.75, 3.05) is 13.1 Å². The predicted molar refractivity (Wildman–Crippen MR) is 72.1 cm³/mol. The molecule has 0 radical (unpaired) electrons. The van der Waals surface area contributed by atoms with Crippen LogP contribution in [0.25, 0.3) is 0 Å². The summed E-state index contributed by atoms with van der Waals surface area (Å²) in [7, 11) is 0. The van der Waals surface area contributed by atoms with Crippen molar-refractivity contribution in [1.29, 1.82) is 0 Å². The van der Waals surface area contributed by atoms with Gasteiger partial charge >= 0.3 is 0 Å². The molecular weight excluding hydrogens is 244 g/mol. The molecule has 0 aliphatic rings. The molecule has 0 aromatic rings. The molecule has 0 saturated carbocycles. The van der Waals surface area contributed by atoms with Gasteiger partial charge in [0.2, 0.25) is 11.8 Å². The van der Waals surface area contributed by atoms with Gasteiger partial charge in [0.15, 0.2) is 0 Å². The van der Waals surface area contributed by atoms with Crippen molar-refractivity contribution in [3.8, 4) is 0 Å². The Hall–Kier alpha value is -0.360. The fraction of sp³-hybridized carbons (Fsp3) is 0.800. The third-order valence-electron chi connectivity index (χ3n) is 2.02. The van der Waals surface area contributed by atoms with Crippen molar-refractivity contribution >= 4 is 37.1 Å². The molecule has 0 aliphatic heterocycles. The summed E-state index contributed by atoms with van der Waals surface area (Å²) in [4.78, 5) is 22.7. The maximum absolute atomic E-state index is 11.3. The van der Waals surface area contributed by atoms with Gasteiger partial charge in [-0.2, -0.15) is 25.3 Å². The van der Waals surface area contributed by atoms with Gasteiger partial charge in [-0.3, -0.25) is 9.59 Å².